The molecule has 25 heavy (non-hydrogen) atoms. The topological polar surface area (TPSA) is 36.9 Å². The monoisotopic (exact) mass is 338 g/mol. The zero-order valence-corrected chi connectivity index (χ0v) is 14.7. The maximum Gasteiger partial charge on any atom is 0.231 e. The molecule has 0 N–H and O–H groups in total. The lowest BCUT2D eigenvalue weighted by molar-refractivity contribution is 0.174. The first-order valence-electron chi connectivity index (χ1n) is 8.59. The number of hydrogen-bond acceptors (Lipinski definition) is 4. The first-order valence-corrected chi connectivity index (χ1v) is 8.59. The van der Waals surface area contributed by atoms with Crippen molar-refractivity contribution in [1.29, 1.82) is 0 Å². The molecule has 2 heterocycles. The molecule has 4 nitrogen and oxygen atoms in total. The van der Waals surface area contributed by atoms with Gasteiger partial charge in [-0.15, -0.1) is 0 Å². The lowest BCUT2D eigenvalue weighted by Gasteiger charge is -2.16. The molecule has 2 aliphatic rings. The number of methoxy groups -OCH3 is 1. The smallest absolute Gasteiger partial charge is 0.231 e. The van der Waals surface area contributed by atoms with Gasteiger partial charge in [0.25, 0.3) is 0 Å². The van der Waals surface area contributed by atoms with E-state index >= 15 is 0 Å². The Balaban J connectivity index is 1.60. The van der Waals surface area contributed by atoms with Crippen molar-refractivity contribution in [3.8, 4) is 23.0 Å². The zero-order chi connectivity index (χ0) is 17.4. The molecule has 0 aromatic heterocycles. The molecule has 0 amide bonds. The third-order valence-corrected chi connectivity index (χ3v) is 4.88. The van der Waals surface area contributed by atoms with Crippen molar-refractivity contribution >= 4 is 6.08 Å². The lowest BCUT2D eigenvalue weighted by Crippen LogP contribution is -2.19. The van der Waals surface area contributed by atoms with E-state index in [9.17, 15) is 0 Å². The highest BCUT2D eigenvalue weighted by Gasteiger charge is 2.34. The number of rotatable bonds is 4. The Morgan fingerprint density at radius 1 is 1.16 bits per heavy atom. The molecule has 0 fully saturated rings. The number of hydrogen-bond donors (Lipinski definition) is 0. The Labute approximate surface area is 148 Å². The molecule has 0 spiro atoms. The van der Waals surface area contributed by atoms with Crippen LogP contribution in [0.15, 0.2) is 36.4 Å². The molecular weight excluding hydrogens is 316 g/mol. The standard InChI is InChI=1S/C21H22O4/c1-4-5-14-8-16-13(2)18(25-21(16)20(11-14)22-3)9-15-6-7-17-19(10-15)24-12-23-17/h4-8,10-11,13,18H,9,12H2,1-3H3/t13-,18-/m1/s1. The summed E-state index contributed by atoms with van der Waals surface area (Å²) < 4.78 is 22.7. The van der Waals surface area contributed by atoms with Crippen LogP contribution in [0.1, 0.15) is 36.5 Å². The Morgan fingerprint density at radius 3 is 2.80 bits per heavy atom. The summed E-state index contributed by atoms with van der Waals surface area (Å²) in [7, 11) is 1.69. The van der Waals surface area contributed by atoms with Crippen LogP contribution >= 0.6 is 0 Å². The van der Waals surface area contributed by atoms with Gasteiger partial charge < -0.3 is 18.9 Å². The number of benzene rings is 2. The number of ether oxygens (including phenoxy) is 4. The second kappa shape index (κ2) is 6.36. The van der Waals surface area contributed by atoms with E-state index in [1.54, 1.807) is 7.11 Å². The fourth-order valence-corrected chi connectivity index (χ4v) is 3.52. The lowest BCUT2D eigenvalue weighted by atomic mass is 9.92. The second-order valence-corrected chi connectivity index (χ2v) is 6.48. The minimum absolute atomic E-state index is 0.0742. The van der Waals surface area contributed by atoms with Gasteiger partial charge in [0.05, 0.1) is 7.11 Å². The van der Waals surface area contributed by atoms with E-state index in [1.165, 1.54) is 11.1 Å². The quantitative estimate of drug-likeness (QED) is 0.819. The molecule has 2 aliphatic heterocycles. The predicted octanol–water partition coefficient (Wildman–Crippen LogP) is 4.56. The van der Waals surface area contributed by atoms with Crippen LogP contribution in [0.3, 0.4) is 0 Å². The van der Waals surface area contributed by atoms with E-state index in [0.29, 0.717) is 12.7 Å². The normalized spacial score (nSPS) is 20.6. The van der Waals surface area contributed by atoms with Crippen LogP contribution in [0, 0.1) is 0 Å². The number of fused-ring (bicyclic) bond motifs is 2. The van der Waals surface area contributed by atoms with Crippen LogP contribution in [0.5, 0.6) is 23.0 Å². The van der Waals surface area contributed by atoms with E-state index in [1.807, 2.05) is 31.2 Å². The first-order chi connectivity index (χ1) is 12.2. The minimum Gasteiger partial charge on any atom is -0.493 e. The minimum atomic E-state index is 0.0742. The molecule has 2 atom stereocenters. The van der Waals surface area contributed by atoms with Gasteiger partial charge in [-0.05, 0) is 42.3 Å². The molecule has 0 saturated heterocycles. The predicted molar refractivity (Wildman–Crippen MR) is 96.8 cm³/mol. The van der Waals surface area contributed by atoms with Crippen molar-refractivity contribution < 1.29 is 18.9 Å². The molecule has 130 valence electrons. The maximum absolute atomic E-state index is 6.28. The van der Waals surface area contributed by atoms with Crippen molar-refractivity contribution in [3.63, 3.8) is 0 Å². The van der Waals surface area contributed by atoms with Crippen LogP contribution in [-0.4, -0.2) is 20.0 Å². The third kappa shape index (κ3) is 2.82. The molecule has 0 bridgehead atoms. The Bertz CT molecular complexity index is 825. The van der Waals surface area contributed by atoms with Crippen LogP contribution < -0.4 is 18.9 Å². The maximum atomic E-state index is 6.28. The molecule has 0 unspecified atom stereocenters. The van der Waals surface area contributed by atoms with E-state index in [0.717, 1.165) is 35.0 Å². The summed E-state index contributed by atoms with van der Waals surface area (Å²) >= 11 is 0. The molecular formula is C21H22O4. The summed E-state index contributed by atoms with van der Waals surface area (Å²) in [5, 5.41) is 0. The van der Waals surface area contributed by atoms with Crippen LogP contribution in [0.25, 0.3) is 6.08 Å². The van der Waals surface area contributed by atoms with Gasteiger partial charge in [0.2, 0.25) is 6.79 Å². The van der Waals surface area contributed by atoms with Crippen molar-refractivity contribution in [2.24, 2.45) is 0 Å². The van der Waals surface area contributed by atoms with Crippen molar-refractivity contribution in [2.75, 3.05) is 13.9 Å². The van der Waals surface area contributed by atoms with E-state index in [-0.39, 0.29) is 6.10 Å². The summed E-state index contributed by atoms with van der Waals surface area (Å²) in [6.07, 6.45) is 5.01. The van der Waals surface area contributed by atoms with Crippen LogP contribution in [0.4, 0.5) is 0 Å². The van der Waals surface area contributed by atoms with Crippen molar-refractivity contribution in [1.82, 2.24) is 0 Å². The van der Waals surface area contributed by atoms with Crippen molar-refractivity contribution in [3.05, 3.63) is 53.1 Å². The molecule has 0 aliphatic carbocycles. The summed E-state index contributed by atoms with van der Waals surface area (Å²) in [4.78, 5) is 0. The van der Waals surface area contributed by atoms with Crippen LogP contribution in [0.2, 0.25) is 0 Å². The fraction of sp³-hybridized carbons (Fsp3) is 0.333. The zero-order valence-electron chi connectivity index (χ0n) is 14.7. The van der Waals surface area contributed by atoms with Gasteiger partial charge in [-0.3, -0.25) is 0 Å². The molecule has 4 heteroatoms. The van der Waals surface area contributed by atoms with E-state index in [4.69, 9.17) is 18.9 Å². The summed E-state index contributed by atoms with van der Waals surface area (Å²) in [5.74, 6) is 3.58. The summed E-state index contributed by atoms with van der Waals surface area (Å²) in [6.45, 7) is 4.52. The number of allylic oxidation sites excluding steroid dienone is 1. The average molecular weight is 338 g/mol. The fourth-order valence-electron chi connectivity index (χ4n) is 3.52. The Morgan fingerprint density at radius 2 is 2.00 bits per heavy atom. The largest absolute Gasteiger partial charge is 0.493 e. The van der Waals surface area contributed by atoms with Gasteiger partial charge in [-0.25, -0.2) is 0 Å². The van der Waals surface area contributed by atoms with Gasteiger partial charge in [0.1, 0.15) is 6.10 Å². The van der Waals surface area contributed by atoms with Gasteiger partial charge in [0, 0.05) is 17.9 Å². The van der Waals surface area contributed by atoms with Gasteiger partial charge in [0.15, 0.2) is 23.0 Å². The van der Waals surface area contributed by atoms with Crippen LogP contribution in [-0.2, 0) is 6.42 Å². The van der Waals surface area contributed by atoms with Gasteiger partial charge >= 0.3 is 0 Å². The summed E-state index contributed by atoms with van der Waals surface area (Å²) in [6, 6.07) is 10.3. The molecule has 0 saturated carbocycles. The highest BCUT2D eigenvalue weighted by atomic mass is 16.7. The van der Waals surface area contributed by atoms with Crippen molar-refractivity contribution in [2.45, 2.75) is 32.3 Å². The van der Waals surface area contributed by atoms with Gasteiger partial charge in [-0.2, -0.15) is 0 Å². The second-order valence-electron chi connectivity index (χ2n) is 6.48. The van der Waals surface area contributed by atoms with E-state index < -0.39 is 0 Å². The van der Waals surface area contributed by atoms with E-state index in [2.05, 4.69) is 25.1 Å². The SMILES string of the molecule is CC=Cc1cc(OC)c2c(c1)[C@@H](C)[C@@H](Cc1ccc3c(c1)OCO3)O2. The first kappa shape index (κ1) is 15.9. The molecule has 2 aromatic carbocycles. The molecule has 0 radical (unpaired) electrons. The third-order valence-electron chi connectivity index (χ3n) is 4.88. The highest BCUT2D eigenvalue weighted by Crippen LogP contribution is 2.46. The highest BCUT2D eigenvalue weighted by molar-refractivity contribution is 5.61. The molecule has 2 aromatic rings. The summed E-state index contributed by atoms with van der Waals surface area (Å²) in [5.41, 5.74) is 3.53. The Kier molecular flexibility index (Phi) is 4.04. The van der Waals surface area contributed by atoms with Gasteiger partial charge in [-0.1, -0.05) is 25.1 Å². The molecule has 4 rings (SSSR count). The average Bonchev–Trinajstić information content (AvgIpc) is 3.20. The Hall–Kier alpha value is -2.62.